The molecule has 2 aromatic heterocycles. The summed E-state index contributed by atoms with van der Waals surface area (Å²) in [5, 5.41) is 2.67. The molecule has 0 saturated heterocycles. The summed E-state index contributed by atoms with van der Waals surface area (Å²) in [5.74, 6) is 0.328. The van der Waals surface area contributed by atoms with Crippen molar-refractivity contribution < 1.29 is 18.0 Å². The number of fused-ring (bicyclic) bond motifs is 1. The van der Waals surface area contributed by atoms with Crippen LogP contribution >= 0.6 is 0 Å². The Labute approximate surface area is 204 Å². The van der Waals surface area contributed by atoms with Gasteiger partial charge in [0.1, 0.15) is 5.82 Å². The second kappa shape index (κ2) is 9.26. The fraction of sp³-hybridized carbons (Fsp3) is 0.360. The van der Waals surface area contributed by atoms with Crippen LogP contribution in [0.3, 0.4) is 0 Å². The van der Waals surface area contributed by atoms with Gasteiger partial charge in [0.05, 0.1) is 39.4 Å². The number of amides is 1. The molecular weight excluding hydrogens is 466 g/mol. The van der Waals surface area contributed by atoms with Crippen LogP contribution in [-0.4, -0.2) is 45.8 Å². The van der Waals surface area contributed by atoms with Gasteiger partial charge in [0.2, 0.25) is 11.9 Å². The second-order valence-electron chi connectivity index (χ2n) is 8.93. The van der Waals surface area contributed by atoms with Gasteiger partial charge in [-0.1, -0.05) is 19.1 Å². The molecule has 1 N–H and O–H groups in total. The Hall–Kier alpha value is -3.53. The molecule has 1 aliphatic carbocycles. The lowest BCUT2D eigenvalue weighted by Gasteiger charge is -2.32. The van der Waals surface area contributed by atoms with Gasteiger partial charge in [-0.15, -0.1) is 0 Å². The summed E-state index contributed by atoms with van der Waals surface area (Å²) in [7, 11) is -3.29. The molecule has 2 heterocycles. The van der Waals surface area contributed by atoms with E-state index in [0.29, 0.717) is 41.2 Å². The molecule has 0 spiro atoms. The summed E-state index contributed by atoms with van der Waals surface area (Å²) in [6.07, 6.45) is 2.57. The minimum atomic E-state index is -3.29. The predicted molar refractivity (Wildman–Crippen MR) is 130 cm³/mol. The molecule has 0 saturated carbocycles. The number of Topliss-reactive ketones (excluding diaryl/α,β-unsaturated/α-hetero) is 1. The highest BCUT2D eigenvalue weighted by atomic mass is 32.2. The first-order valence-electron chi connectivity index (χ1n) is 11.4. The summed E-state index contributed by atoms with van der Waals surface area (Å²) in [6.45, 7) is 7.15. The Bertz CT molecular complexity index is 1400. The van der Waals surface area contributed by atoms with E-state index in [1.165, 1.54) is 18.3 Å². The van der Waals surface area contributed by atoms with Crippen LogP contribution in [0.5, 0.6) is 0 Å². The third-order valence-electron chi connectivity index (χ3n) is 6.29. The van der Waals surface area contributed by atoms with E-state index in [2.05, 4.69) is 25.3 Å². The average Bonchev–Trinajstić information content (AvgIpc) is 2.81. The normalized spacial score (nSPS) is 17.7. The summed E-state index contributed by atoms with van der Waals surface area (Å²) >= 11 is 0. The number of aromatic nitrogens is 4. The minimum Gasteiger partial charge on any atom is -0.294 e. The highest BCUT2D eigenvalue weighted by molar-refractivity contribution is 7.91. The zero-order chi connectivity index (χ0) is 25.4. The van der Waals surface area contributed by atoms with Gasteiger partial charge in [0.15, 0.2) is 15.6 Å². The van der Waals surface area contributed by atoms with Crippen molar-refractivity contribution in [3.63, 3.8) is 0 Å². The molecule has 1 aliphatic rings. The van der Waals surface area contributed by atoms with Gasteiger partial charge < -0.3 is 0 Å². The van der Waals surface area contributed by atoms with Crippen molar-refractivity contribution in [1.82, 2.24) is 19.9 Å². The van der Waals surface area contributed by atoms with Gasteiger partial charge in [-0.05, 0) is 57.4 Å². The van der Waals surface area contributed by atoms with Gasteiger partial charge in [0, 0.05) is 11.9 Å². The molecule has 4 rings (SSSR count). The maximum Gasteiger partial charge on any atom is 0.231 e. The lowest BCUT2D eigenvalue weighted by molar-refractivity contribution is -0.115. The monoisotopic (exact) mass is 493 g/mol. The van der Waals surface area contributed by atoms with Crippen LogP contribution in [0.4, 0.5) is 5.95 Å². The van der Waals surface area contributed by atoms with Crippen molar-refractivity contribution in [3.05, 3.63) is 70.6 Å². The molecule has 0 radical (unpaired) electrons. The summed E-state index contributed by atoms with van der Waals surface area (Å²) in [5.41, 5.74) is 2.39. The molecular formula is C25H27N5O4S. The zero-order valence-corrected chi connectivity index (χ0v) is 20.9. The topological polar surface area (TPSA) is 132 Å². The van der Waals surface area contributed by atoms with Gasteiger partial charge in [-0.2, -0.15) is 0 Å². The third-order valence-corrected chi connectivity index (χ3v) is 8.04. The Morgan fingerprint density at radius 2 is 1.83 bits per heavy atom. The quantitative estimate of drug-likeness (QED) is 0.554. The lowest BCUT2D eigenvalue weighted by atomic mass is 9.71. The van der Waals surface area contributed by atoms with Crippen LogP contribution < -0.4 is 5.32 Å². The molecule has 10 heteroatoms. The number of sulfone groups is 1. The molecule has 9 nitrogen and oxygen atoms in total. The van der Waals surface area contributed by atoms with E-state index in [4.69, 9.17) is 0 Å². The van der Waals surface area contributed by atoms with E-state index in [0.717, 1.165) is 5.69 Å². The van der Waals surface area contributed by atoms with E-state index < -0.39 is 15.3 Å². The Balaban J connectivity index is 1.48. The predicted octanol–water partition coefficient (Wildman–Crippen LogP) is 2.95. The van der Waals surface area contributed by atoms with E-state index in [-0.39, 0.29) is 34.7 Å². The van der Waals surface area contributed by atoms with Gasteiger partial charge in [0.25, 0.3) is 0 Å². The number of carbonyl (C=O) groups is 2. The third kappa shape index (κ3) is 4.97. The number of nitrogens with one attached hydrogen (secondary N) is 1. The first kappa shape index (κ1) is 24.6. The largest absolute Gasteiger partial charge is 0.294 e. The molecule has 35 heavy (non-hydrogen) atoms. The number of benzene rings is 1. The average molecular weight is 494 g/mol. The van der Waals surface area contributed by atoms with Crippen molar-refractivity contribution in [1.29, 1.82) is 0 Å². The van der Waals surface area contributed by atoms with Crippen LogP contribution in [0, 0.1) is 13.8 Å². The number of hydrogen-bond acceptors (Lipinski definition) is 8. The van der Waals surface area contributed by atoms with Crippen LogP contribution in [0.2, 0.25) is 0 Å². The van der Waals surface area contributed by atoms with Gasteiger partial charge >= 0.3 is 0 Å². The number of anilines is 1. The fourth-order valence-corrected chi connectivity index (χ4v) is 5.10. The number of rotatable bonds is 6. The van der Waals surface area contributed by atoms with E-state index >= 15 is 0 Å². The molecule has 1 unspecified atom stereocenters. The molecule has 182 valence electrons. The van der Waals surface area contributed by atoms with Crippen LogP contribution in [0.1, 0.15) is 59.1 Å². The first-order chi connectivity index (χ1) is 16.5. The maximum absolute atomic E-state index is 13.4. The van der Waals surface area contributed by atoms with Gasteiger partial charge in [-0.3, -0.25) is 14.9 Å². The number of carbonyl (C=O) groups excluding carboxylic acids is 2. The molecule has 1 atom stereocenters. The van der Waals surface area contributed by atoms with E-state index in [1.807, 2.05) is 19.9 Å². The maximum atomic E-state index is 13.4. The number of nitrogens with zero attached hydrogens (tertiary/aromatic N) is 4. The Kier molecular flexibility index (Phi) is 6.50. The SMILES string of the molecule is CCS(=O)(=O)c1ccc(CC(=O)Nc2ncc3c(n2)CCC(C)(c2cc(C)nc(C)n2)C3=O)cc1. The van der Waals surface area contributed by atoms with Crippen LogP contribution in [-0.2, 0) is 32.9 Å². The zero-order valence-electron chi connectivity index (χ0n) is 20.1. The number of aryl methyl sites for hydroxylation is 3. The smallest absolute Gasteiger partial charge is 0.231 e. The molecule has 0 bridgehead atoms. The fourth-order valence-electron chi connectivity index (χ4n) is 4.22. The minimum absolute atomic E-state index is 0.0164. The summed E-state index contributed by atoms with van der Waals surface area (Å²) in [4.78, 5) is 43.6. The Morgan fingerprint density at radius 3 is 2.49 bits per heavy atom. The molecule has 0 aliphatic heterocycles. The van der Waals surface area contributed by atoms with Crippen molar-refractivity contribution in [2.75, 3.05) is 11.1 Å². The summed E-state index contributed by atoms with van der Waals surface area (Å²) in [6, 6.07) is 8.08. The Morgan fingerprint density at radius 1 is 1.11 bits per heavy atom. The first-order valence-corrected chi connectivity index (χ1v) is 13.0. The van der Waals surface area contributed by atoms with Crippen LogP contribution in [0.25, 0.3) is 0 Å². The number of ketones is 1. The summed E-state index contributed by atoms with van der Waals surface area (Å²) < 4.78 is 23.9. The van der Waals surface area contributed by atoms with Crippen LogP contribution in [0.15, 0.2) is 41.4 Å². The highest BCUT2D eigenvalue weighted by Crippen LogP contribution is 2.37. The van der Waals surface area contributed by atoms with E-state index in [9.17, 15) is 18.0 Å². The van der Waals surface area contributed by atoms with Gasteiger partial charge in [-0.25, -0.2) is 28.4 Å². The lowest BCUT2D eigenvalue weighted by Crippen LogP contribution is -2.39. The standard InChI is InChI=1S/C25H27N5O4S/c1-5-35(33,34)18-8-6-17(7-9-18)13-22(31)30-24-26-14-19-20(29-24)10-11-25(4,23(19)32)21-12-15(2)27-16(3)28-21/h6-9,12,14H,5,10-11,13H2,1-4H3,(H,26,29,30,31). The molecule has 1 amide bonds. The number of hydrogen-bond donors (Lipinski definition) is 1. The molecule has 1 aromatic carbocycles. The van der Waals surface area contributed by atoms with Crippen molar-refractivity contribution in [2.24, 2.45) is 0 Å². The molecule has 0 fully saturated rings. The van der Waals surface area contributed by atoms with Crippen molar-refractivity contribution >= 4 is 27.5 Å². The van der Waals surface area contributed by atoms with E-state index in [1.54, 1.807) is 26.0 Å². The van der Waals surface area contributed by atoms with Crippen molar-refractivity contribution in [2.45, 2.75) is 57.3 Å². The molecule has 3 aromatic rings. The van der Waals surface area contributed by atoms with Crippen molar-refractivity contribution in [3.8, 4) is 0 Å². The highest BCUT2D eigenvalue weighted by Gasteiger charge is 2.42. The second-order valence-corrected chi connectivity index (χ2v) is 11.2.